The first-order valence-corrected chi connectivity index (χ1v) is 9.82. The number of non-ortho nitro benzene ring substituents is 1. The van der Waals surface area contributed by atoms with Gasteiger partial charge in [0.1, 0.15) is 5.82 Å². The SMILES string of the molecule is O=C(Nc1c2c(nn1-c1ccc([N+](=O)[O-])cc1)CSC2)c1ccccc1C(F)(F)F. The first-order chi connectivity index (χ1) is 14.3. The maximum atomic E-state index is 13.3. The van der Waals surface area contributed by atoms with Gasteiger partial charge in [-0.15, -0.1) is 0 Å². The molecule has 0 unspecified atom stereocenters. The standard InChI is InChI=1S/C19H13F3N4O3S/c20-19(21,22)15-4-2-1-3-13(15)18(27)23-17-14-9-30-10-16(14)24-25(17)11-5-7-12(8-6-11)26(28)29/h1-8H,9-10H2,(H,23,27). The fourth-order valence-corrected chi connectivity index (χ4v) is 4.18. The Bertz CT molecular complexity index is 1140. The molecule has 7 nitrogen and oxygen atoms in total. The van der Waals surface area contributed by atoms with Crippen molar-refractivity contribution in [3.05, 3.63) is 81.0 Å². The number of nitro groups is 1. The van der Waals surface area contributed by atoms with Gasteiger partial charge in [-0.25, -0.2) is 4.68 Å². The summed E-state index contributed by atoms with van der Waals surface area (Å²) in [6.07, 6.45) is -4.68. The highest BCUT2D eigenvalue weighted by molar-refractivity contribution is 7.98. The number of rotatable bonds is 4. The van der Waals surface area contributed by atoms with Crippen LogP contribution in [0.4, 0.5) is 24.7 Å². The number of hydrogen-bond donors (Lipinski definition) is 1. The zero-order chi connectivity index (χ0) is 21.5. The molecule has 0 radical (unpaired) electrons. The summed E-state index contributed by atoms with van der Waals surface area (Å²) in [4.78, 5) is 23.1. The van der Waals surface area contributed by atoms with Gasteiger partial charge in [-0.05, 0) is 24.3 Å². The van der Waals surface area contributed by atoms with Crippen molar-refractivity contribution in [3.63, 3.8) is 0 Å². The van der Waals surface area contributed by atoms with Crippen LogP contribution in [0.15, 0.2) is 48.5 Å². The molecule has 0 atom stereocenters. The molecule has 0 saturated heterocycles. The van der Waals surface area contributed by atoms with Crippen molar-refractivity contribution in [2.45, 2.75) is 17.7 Å². The van der Waals surface area contributed by atoms with E-state index in [0.717, 1.165) is 17.7 Å². The first-order valence-electron chi connectivity index (χ1n) is 8.66. The Balaban J connectivity index is 1.74. The number of halogens is 3. The highest BCUT2D eigenvalue weighted by Gasteiger charge is 2.35. The molecule has 0 bridgehead atoms. The number of anilines is 1. The number of carbonyl (C=O) groups is 1. The second kappa shape index (κ2) is 7.48. The molecule has 0 fully saturated rings. The molecular weight excluding hydrogens is 421 g/mol. The predicted molar refractivity (Wildman–Crippen MR) is 105 cm³/mol. The number of amides is 1. The van der Waals surface area contributed by atoms with E-state index < -0.39 is 28.1 Å². The lowest BCUT2D eigenvalue weighted by Crippen LogP contribution is -2.20. The number of hydrogen-bond acceptors (Lipinski definition) is 5. The normalized spacial score (nSPS) is 13.2. The van der Waals surface area contributed by atoms with E-state index >= 15 is 0 Å². The van der Waals surface area contributed by atoms with Crippen LogP contribution in [-0.2, 0) is 17.7 Å². The van der Waals surface area contributed by atoms with Gasteiger partial charge in [0.2, 0.25) is 0 Å². The Hall–Kier alpha value is -3.34. The molecule has 1 aromatic heterocycles. The lowest BCUT2D eigenvalue weighted by atomic mass is 10.1. The zero-order valence-electron chi connectivity index (χ0n) is 15.1. The van der Waals surface area contributed by atoms with Gasteiger partial charge in [0.05, 0.1) is 27.4 Å². The summed E-state index contributed by atoms with van der Waals surface area (Å²) in [6, 6.07) is 10.1. The molecule has 4 rings (SSSR count). The smallest absolute Gasteiger partial charge is 0.306 e. The number of thioether (sulfide) groups is 1. The third kappa shape index (κ3) is 3.63. The lowest BCUT2D eigenvalue weighted by Gasteiger charge is -2.14. The maximum absolute atomic E-state index is 13.3. The first kappa shape index (κ1) is 20.0. The van der Waals surface area contributed by atoms with Crippen LogP contribution < -0.4 is 5.32 Å². The van der Waals surface area contributed by atoms with Gasteiger partial charge in [-0.1, -0.05) is 12.1 Å². The van der Waals surface area contributed by atoms with Crippen LogP contribution in [0.25, 0.3) is 5.69 Å². The van der Waals surface area contributed by atoms with Crippen molar-refractivity contribution < 1.29 is 22.9 Å². The van der Waals surface area contributed by atoms with Crippen molar-refractivity contribution in [1.82, 2.24) is 9.78 Å². The molecule has 0 spiro atoms. The number of nitrogens with one attached hydrogen (secondary N) is 1. The van der Waals surface area contributed by atoms with E-state index in [0.29, 0.717) is 22.9 Å². The molecule has 0 aliphatic carbocycles. The van der Waals surface area contributed by atoms with Crippen LogP contribution in [0, 0.1) is 10.1 Å². The van der Waals surface area contributed by atoms with Gasteiger partial charge < -0.3 is 5.32 Å². The van der Waals surface area contributed by atoms with Gasteiger partial charge in [0.25, 0.3) is 11.6 Å². The van der Waals surface area contributed by atoms with Crippen LogP contribution in [0.3, 0.4) is 0 Å². The van der Waals surface area contributed by atoms with Crippen LogP contribution in [0.2, 0.25) is 0 Å². The Kier molecular flexibility index (Phi) is 4.98. The monoisotopic (exact) mass is 434 g/mol. The van der Waals surface area contributed by atoms with Gasteiger partial charge in [0, 0.05) is 29.2 Å². The molecule has 1 aliphatic heterocycles. The minimum atomic E-state index is -4.68. The highest BCUT2D eigenvalue weighted by Crippen LogP contribution is 2.37. The number of alkyl halides is 3. The van der Waals surface area contributed by atoms with Crippen LogP contribution in [-0.4, -0.2) is 20.6 Å². The average Bonchev–Trinajstić information content (AvgIpc) is 3.30. The van der Waals surface area contributed by atoms with Crippen molar-refractivity contribution in [2.75, 3.05) is 5.32 Å². The van der Waals surface area contributed by atoms with E-state index in [-0.39, 0.29) is 11.5 Å². The van der Waals surface area contributed by atoms with Gasteiger partial charge >= 0.3 is 6.18 Å². The molecule has 11 heteroatoms. The van der Waals surface area contributed by atoms with Crippen molar-refractivity contribution in [1.29, 1.82) is 0 Å². The highest BCUT2D eigenvalue weighted by atomic mass is 32.2. The molecule has 2 aromatic carbocycles. The van der Waals surface area contributed by atoms with E-state index in [1.807, 2.05) is 0 Å². The second-order valence-corrected chi connectivity index (χ2v) is 7.44. The maximum Gasteiger partial charge on any atom is 0.417 e. The molecule has 1 N–H and O–H groups in total. The number of aromatic nitrogens is 2. The Morgan fingerprint density at radius 1 is 1.13 bits per heavy atom. The number of nitro benzene ring substituents is 1. The summed E-state index contributed by atoms with van der Waals surface area (Å²) in [5.41, 5.74) is 0.225. The quantitative estimate of drug-likeness (QED) is 0.471. The molecule has 30 heavy (non-hydrogen) atoms. The molecule has 0 saturated carbocycles. The minimum absolute atomic E-state index is 0.112. The van der Waals surface area contributed by atoms with E-state index in [1.54, 1.807) is 11.8 Å². The van der Waals surface area contributed by atoms with Crippen LogP contribution in [0.1, 0.15) is 27.2 Å². The van der Waals surface area contributed by atoms with E-state index in [2.05, 4.69) is 10.4 Å². The fourth-order valence-electron chi connectivity index (χ4n) is 3.15. The Morgan fingerprint density at radius 2 is 1.83 bits per heavy atom. The summed E-state index contributed by atoms with van der Waals surface area (Å²) in [6.45, 7) is 0. The zero-order valence-corrected chi connectivity index (χ0v) is 16.0. The molecular formula is C19H13F3N4O3S. The number of nitrogens with zero attached hydrogens (tertiary/aromatic N) is 3. The number of benzene rings is 2. The Labute approximate surface area is 172 Å². The van der Waals surface area contributed by atoms with Crippen LogP contribution >= 0.6 is 11.8 Å². The third-order valence-electron chi connectivity index (χ3n) is 4.57. The molecule has 154 valence electrons. The molecule has 2 heterocycles. The summed E-state index contributed by atoms with van der Waals surface area (Å²) < 4.78 is 41.3. The summed E-state index contributed by atoms with van der Waals surface area (Å²) >= 11 is 1.57. The predicted octanol–water partition coefficient (Wildman–Crippen LogP) is 4.80. The fraction of sp³-hybridized carbons (Fsp3) is 0.158. The number of fused-ring (bicyclic) bond motifs is 1. The minimum Gasteiger partial charge on any atom is -0.306 e. The topological polar surface area (TPSA) is 90.1 Å². The summed E-state index contributed by atoms with van der Waals surface area (Å²) in [5.74, 6) is 0.479. The average molecular weight is 434 g/mol. The molecule has 1 aliphatic rings. The van der Waals surface area contributed by atoms with Gasteiger partial charge in [0.15, 0.2) is 0 Å². The van der Waals surface area contributed by atoms with Crippen LogP contribution in [0.5, 0.6) is 0 Å². The largest absolute Gasteiger partial charge is 0.417 e. The Morgan fingerprint density at radius 3 is 2.50 bits per heavy atom. The summed E-state index contributed by atoms with van der Waals surface area (Å²) in [5, 5.41) is 17.9. The summed E-state index contributed by atoms with van der Waals surface area (Å²) in [7, 11) is 0. The van der Waals surface area contributed by atoms with Gasteiger partial charge in [-0.2, -0.15) is 30.0 Å². The number of carbonyl (C=O) groups excluding carboxylic acids is 1. The van der Waals surface area contributed by atoms with Crippen molar-refractivity contribution >= 4 is 29.2 Å². The van der Waals surface area contributed by atoms with Gasteiger partial charge in [-0.3, -0.25) is 14.9 Å². The lowest BCUT2D eigenvalue weighted by molar-refractivity contribution is -0.384. The second-order valence-electron chi connectivity index (χ2n) is 6.45. The van der Waals surface area contributed by atoms with Crippen molar-refractivity contribution in [2.24, 2.45) is 0 Å². The van der Waals surface area contributed by atoms with Crippen molar-refractivity contribution in [3.8, 4) is 5.69 Å². The molecule has 1 amide bonds. The van der Waals surface area contributed by atoms with E-state index in [9.17, 15) is 28.1 Å². The third-order valence-corrected chi connectivity index (χ3v) is 5.54. The van der Waals surface area contributed by atoms with E-state index in [4.69, 9.17) is 0 Å². The van der Waals surface area contributed by atoms with E-state index in [1.165, 1.54) is 41.1 Å². The molecule has 3 aromatic rings.